The molecule has 27 heavy (non-hydrogen) atoms. The minimum atomic E-state index is -0.396. The largest absolute Gasteiger partial charge is 0.378 e. The Kier molecular flexibility index (Phi) is 5.55. The lowest BCUT2D eigenvalue weighted by molar-refractivity contribution is -0.384. The highest BCUT2D eigenvalue weighted by Gasteiger charge is 2.12. The van der Waals surface area contributed by atoms with Gasteiger partial charge in [0, 0.05) is 36.6 Å². The molecule has 0 saturated carbocycles. The second-order valence-electron chi connectivity index (χ2n) is 5.95. The molecule has 0 radical (unpaired) electrons. The quantitative estimate of drug-likeness (QED) is 0.375. The van der Waals surface area contributed by atoms with Gasteiger partial charge in [-0.15, -0.1) is 0 Å². The van der Waals surface area contributed by atoms with Crippen molar-refractivity contribution in [1.82, 2.24) is 15.0 Å². The number of aromatic nitrogens is 3. The Bertz CT molecular complexity index is 946. The molecule has 0 aliphatic rings. The molecule has 0 fully saturated rings. The molecule has 0 saturated heterocycles. The summed E-state index contributed by atoms with van der Waals surface area (Å²) in [6.07, 6.45) is 1.71. The predicted molar refractivity (Wildman–Crippen MR) is 105 cm³/mol. The van der Waals surface area contributed by atoms with E-state index in [4.69, 9.17) is 0 Å². The second-order valence-corrected chi connectivity index (χ2v) is 5.95. The van der Waals surface area contributed by atoms with E-state index in [0.717, 1.165) is 17.1 Å². The Morgan fingerprint density at radius 3 is 2.48 bits per heavy atom. The molecule has 1 aromatic carbocycles. The molecular weight excluding hydrogens is 344 g/mol. The van der Waals surface area contributed by atoms with Gasteiger partial charge in [0.25, 0.3) is 5.69 Å². The highest BCUT2D eigenvalue weighted by Crippen LogP contribution is 2.23. The summed E-state index contributed by atoms with van der Waals surface area (Å²) in [5.74, 6) is 1.29. The minimum absolute atomic E-state index is 0.0593. The minimum Gasteiger partial charge on any atom is -0.378 e. The van der Waals surface area contributed by atoms with E-state index in [9.17, 15) is 10.1 Å². The van der Waals surface area contributed by atoms with Gasteiger partial charge < -0.3 is 10.6 Å². The van der Waals surface area contributed by atoms with Crippen molar-refractivity contribution in [2.45, 2.75) is 13.8 Å². The maximum absolute atomic E-state index is 11.1. The average molecular weight is 364 g/mol. The summed E-state index contributed by atoms with van der Waals surface area (Å²) in [7, 11) is 0. The van der Waals surface area contributed by atoms with E-state index in [1.54, 1.807) is 24.4 Å². The van der Waals surface area contributed by atoms with Crippen LogP contribution in [0.4, 0.5) is 17.2 Å². The first-order valence-electron chi connectivity index (χ1n) is 8.54. The van der Waals surface area contributed by atoms with Crippen LogP contribution in [0.2, 0.25) is 0 Å². The van der Waals surface area contributed by atoms with Gasteiger partial charge in [0.2, 0.25) is 0 Å². The first kappa shape index (κ1) is 18.2. The van der Waals surface area contributed by atoms with Gasteiger partial charge in [-0.25, -0.2) is 9.97 Å². The summed E-state index contributed by atoms with van der Waals surface area (Å²) in [6, 6.07) is 12.2. The van der Waals surface area contributed by atoms with Crippen LogP contribution in [0.1, 0.15) is 11.3 Å². The van der Waals surface area contributed by atoms with Gasteiger partial charge in [0.1, 0.15) is 17.2 Å². The molecule has 138 valence electrons. The van der Waals surface area contributed by atoms with Crippen molar-refractivity contribution in [3.8, 4) is 11.5 Å². The van der Waals surface area contributed by atoms with Gasteiger partial charge >= 0.3 is 0 Å². The van der Waals surface area contributed by atoms with E-state index >= 15 is 0 Å². The number of hydrogen-bond acceptors (Lipinski definition) is 7. The van der Waals surface area contributed by atoms with E-state index in [0.29, 0.717) is 30.3 Å². The smallest absolute Gasteiger partial charge is 0.292 e. The lowest BCUT2D eigenvalue weighted by Gasteiger charge is -2.13. The van der Waals surface area contributed by atoms with Crippen LogP contribution in [0.25, 0.3) is 11.5 Å². The van der Waals surface area contributed by atoms with Crippen molar-refractivity contribution in [3.63, 3.8) is 0 Å². The number of para-hydroxylation sites is 2. The topological polar surface area (TPSA) is 106 Å². The molecule has 2 N–H and O–H groups in total. The monoisotopic (exact) mass is 364 g/mol. The standard InChI is InChI=1S/C19H20N6O2/c1-13-14(2)23-19(16-8-5-6-10-20-16)24-18(13)22-12-11-21-15-7-3-4-9-17(15)25(26)27/h3-10,21H,11-12H2,1-2H3,(H,22,23,24). The first-order chi connectivity index (χ1) is 13.1. The van der Waals surface area contributed by atoms with Crippen LogP contribution in [-0.2, 0) is 0 Å². The Labute approximate surface area is 156 Å². The van der Waals surface area contributed by atoms with E-state index in [1.165, 1.54) is 6.07 Å². The van der Waals surface area contributed by atoms with Gasteiger partial charge in [-0.2, -0.15) is 0 Å². The zero-order valence-electron chi connectivity index (χ0n) is 15.1. The van der Waals surface area contributed by atoms with E-state index in [-0.39, 0.29) is 5.69 Å². The summed E-state index contributed by atoms with van der Waals surface area (Å²) in [4.78, 5) is 24.0. The van der Waals surface area contributed by atoms with Crippen LogP contribution in [0, 0.1) is 24.0 Å². The lowest BCUT2D eigenvalue weighted by atomic mass is 10.2. The van der Waals surface area contributed by atoms with Gasteiger partial charge in [-0.3, -0.25) is 15.1 Å². The second kappa shape index (κ2) is 8.22. The summed E-state index contributed by atoms with van der Waals surface area (Å²) >= 11 is 0. The molecule has 0 atom stereocenters. The number of anilines is 2. The fourth-order valence-corrected chi connectivity index (χ4v) is 2.57. The molecule has 0 aliphatic heterocycles. The zero-order valence-corrected chi connectivity index (χ0v) is 15.1. The number of hydrogen-bond donors (Lipinski definition) is 2. The number of nitro groups is 1. The predicted octanol–water partition coefficient (Wildman–Crippen LogP) is 3.59. The van der Waals surface area contributed by atoms with Crippen LogP contribution in [0.15, 0.2) is 48.7 Å². The molecule has 0 amide bonds. The molecule has 0 bridgehead atoms. The third-order valence-corrected chi connectivity index (χ3v) is 4.12. The summed E-state index contributed by atoms with van der Waals surface area (Å²) in [5.41, 5.74) is 3.10. The Morgan fingerprint density at radius 2 is 1.74 bits per heavy atom. The molecule has 3 aromatic rings. The average Bonchev–Trinajstić information content (AvgIpc) is 2.69. The lowest BCUT2D eigenvalue weighted by Crippen LogP contribution is -2.16. The molecule has 3 rings (SSSR count). The van der Waals surface area contributed by atoms with Crippen molar-refractivity contribution < 1.29 is 4.92 Å². The van der Waals surface area contributed by atoms with Gasteiger partial charge in [0.05, 0.1) is 4.92 Å². The van der Waals surface area contributed by atoms with Gasteiger partial charge in [-0.05, 0) is 32.0 Å². The van der Waals surface area contributed by atoms with Gasteiger partial charge in [-0.1, -0.05) is 18.2 Å². The third-order valence-electron chi connectivity index (χ3n) is 4.12. The Morgan fingerprint density at radius 1 is 1.00 bits per heavy atom. The number of nitrogens with zero attached hydrogens (tertiary/aromatic N) is 4. The number of rotatable bonds is 7. The zero-order chi connectivity index (χ0) is 19.2. The van der Waals surface area contributed by atoms with Crippen LogP contribution >= 0.6 is 0 Å². The molecule has 0 aliphatic carbocycles. The summed E-state index contributed by atoms with van der Waals surface area (Å²) in [5, 5.41) is 17.4. The molecular formula is C19H20N6O2. The summed E-state index contributed by atoms with van der Waals surface area (Å²) < 4.78 is 0. The summed E-state index contributed by atoms with van der Waals surface area (Å²) in [6.45, 7) is 4.94. The van der Waals surface area contributed by atoms with Crippen molar-refractivity contribution in [2.24, 2.45) is 0 Å². The molecule has 2 heterocycles. The van der Waals surface area contributed by atoms with E-state index < -0.39 is 4.92 Å². The fourth-order valence-electron chi connectivity index (χ4n) is 2.57. The molecule has 8 heteroatoms. The maximum Gasteiger partial charge on any atom is 0.292 e. The van der Waals surface area contributed by atoms with Crippen LogP contribution in [0.3, 0.4) is 0 Å². The normalized spacial score (nSPS) is 10.4. The number of aryl methyl sites for hydroxylation is 1. The van der Waals surface area contributed by atoms with Crippen LogP contribution in [-0.4, -0.2) is 33.0 Å². The number of pyridine rings is 1. The highest BCUT2D eigenvalue weighted by atomic mass is 16.6. The van der Waals surface area contributed by atoms with Crippen molar-refractivity contribution in [3.05, 3.63) is 70.0 Å². The first-order valence-corrected chi connectivity index (χ1v) is 8.54. The highest BCUT2D eigenvalue weighted by molar-refractivity contribution is 5.61. The van der Waals surface area contributed by atoms with Crippen molar-refractivity contribution in [2.75, 3.05) is 23.7 Å². The number of benzene rings is 1. The van der Waals surface area contributed by atoms with Crippen LogP contribution < -0.4 is 10.6 Å². The SMILES string of the molecule is Cc1nc(-c2ccccn2)nc(NCCNc2ccccc2[N+](=O)[O-])c1C. The van der Waals surface area contributed by atoms with Crippen molar-refractivity contribution >= 4 is 17.2 Å². The maximum atomic E-state index is 11.1. The van der Waals surface area contributed by atoms with E-state index in [2.05, 4.69) is 25.6 Å². The van der Waals surface area contributed by atoms with Crippen LogP contribution in [0.5, 0.6) is 0 Å². The number of nitrogens with one attached hydrogen (secondary N) is 2. The Balaban J connectivity index is 1.68. The van der Waals surface area contributed by atoms with Crippen molar-refractivity contribution in [1.29, 1.82) is 0 Å². The third kappa shape index (κ3) is 4.35. The fraction of sp³-hybridized carbons (Fsp3) is 0.211. The van der Waals surface area contributed by atoms with Gasteiger partial charge in [0.15, 0.2) is 5.82 Å². The molecule has 0 spiro atoms. The van der Waals surface area contributed by atoms with E-state index in [1.807, 2.05) is 32.0 Å². The molecule has 0 unspecified atom stereocenters. The molecule has 2 aromatic heterocycles. The molecule has 8 nitrogen and oxygen atoms in total. The number of nitro benzene ring substituents is 1. The Hall–Kier alpha value is -3.55.